The third kappa shape index (κ3) is 2.81. The van der Waals surface area contributed by atoms with Crippen LogP contribution in [0.3, 0.4) is 0 Å². The Morgan fingerprint density at radius 1 is 0.947 bits per heavy atom. The minimum absolute atomic E-state index is 0.998. The second kappa shape index (κ2) is 5.33. The summed E-state index contributed by atoms with van der Waals surface area (Å²) in [6.45, 7) is 8.52. The lowest BCUT2D eigenvalue weighted by atomic mass is 10.0. The average Bonchev–Trinajstić information content (AvgIpc) is 2.26. The van der Waals surface area contributed by atoms with Crippen LogP contribution >= 0.6 is 15.9 Å². The predicted molar refractivity (Wildman–Crippen MR) is 85.4 cm³/mol. The molecule has 0 atom stereocenters. The monoisotopic (exact) mass is 318 g/mol. The van der Waals surface area contributed by atoms with E-state index in [0.717, 1.165) is 15.9 Å². The molecule has 1 aromatic heterocycles. The Kier molecular flexibility index (Phi) is 3.95. The molecule has 1 aromatic carbocycles. The molecule has 100 valence electrons. The molecule has 0 radical (unpaired) electrons. The first kappa shape index (κ1) is 14.1. The van der Waals surface area contributed by atoms with E-state index < -0.39 is 0 Å². The maximum atomic E-state index is 4.54. The highest BCUT2D eigenvalue weighted by Crippen LogP contribution is 2.32. The van der Waals surface area contributed by atoms with E-state index in [-0.39, 0.29) is 0 Å². The molecule has 0 aliphatic carbocycles. The van der Waals surface area contributed by atoms with Crippen molar-refractivity contribution in [3.8, 4) is 0 Å². The van der Waals surface area contributed by atoms with Crippen LogP contribution in [0.2, 0.25) is 0 Å². The molecule has 0 spiro atoms. The molecule has 3 heteroatoms. The van der Waals surface area contributed by atoms with Crippen molar-refractivity contribution in [3.63, 3.8) is 0 Å². The molecule has 2 rings (SSSR count). The fourth-order valence-electron chi connectivity index (χ4n) is 2.69. The van der Waals surface area contributed by atoms with Gasteiger partial charge in [0.1, 0.15) is 5.82 Å². The van der Waals surface area contributed by atoms with Crippen LogP contribution in [0, 0.1) is 27.7 Å². The van der Waals surface area contributed by atoms with Crippen molar-refractivity contribution >= 4 is 27.4 Å². The smallest absolute Gasteiger partial charge is 0.135 e. The molecular weight excluding hydrogens is 300 g/mol. The van der Waals surface area contributed by atoms with E-state index >= 15 is 0 Å². The SMILES string of the molecule is Cc1cc(C)c(N(C)c2ncc(Br)cc2C)c(C)c1. The number of aryl methyl sites for hydroxylation is 4. The van der Waals surface area contributed by atoms with Crippen LogP contribution in [-0.2, 0) is 0 Å². The zero-order valence-electron chi connectivity index (χ0n) is 12.1. The van der Waals surface area contributed by atoms with E-state index in [1.165, 1.54) is 22.4 Å². The van der Waals surface area contributed by atoms with Crippen molar-refractivity contribution < 1.29 is 0 Å². The van der Waals surface area contributed by atoms with Crippen molar-refractivity contribution in [2.24, 2.45) is 0 Å². The average molecular weight is 319 g/mol. The van der Waals surface area contributed by atoms with Crippen LogP contribution in [0.1, 0.15) is 22.3 Å². The highest BCUT2D eigenvalue weighted by atomic mass is 79.9. The maximum absolute atomic E-state index is 4.54. The van der Waals surface area contributed by atoms with Gasteiger partial charge in [-0.3, -0.25) is 0 Å². The fraction of sp³-hybridized carbons (Fsp3) is 0.312. The van der Waals surface area contributed by atoms with Gasteiger partial charge in [-0.15, -0.1) is 0 Å². The Morgan fingerprint density at radius 3 is 2.05 bits per heavy atom. The minimum Gasteiger partial charge on any atom is -0.329 e. The summed E-state index contributed by atoms with van der Waals surface area (Å²) in [6, 6.07) is 6.53. The quantitative estimate of drug-likeness (QED) is 0.787. The van der Waals surface area contributed by atoms with Crippen LogP contribution in [0.4, 0.5) is 11.5 Å². The van der Waals surface area contributed by atoms with Gasteiger partial charge in [0.2, 0.25) is 0 Å². The van der Waals surface area contributed by atoms with E-state index in [4.69, 9.17) is 0 Å². The van der Waals surface area contributed by atoms with E-state index in [1.807, 2.05) is 6.20 Å². The second-order valence-electron chi connectivity index (χ2n) is 5.10. The molecule has 2 aromatic rings. The lowest BCUT2D eigenvalue weighted by Crippen LogP contribution is -2.15. The number of pyridine rings is 1. The number of hydrogen-bond acceptors (Lipinski definition) is 2. The maximum Gasteiger partial charge on any atom is 0.135 e. The Balaban J connectivity index is 2.53. The van der Waals surface area contributed by atoms with Crippen molar-refractivity contribution in [2.75, 3.05) is 11.9 Å². The van der Waals surface area contributed by atoms with Gasteiger partial charge in [-0.1, -0.05) is 17.7 Å². The molecule has 0 saturated carbocycles. The first-order valence-electron chi connectivity index (χ1n) is 6.34. The summed E-state index contributed by atoms with van der Waals surface area (Å²) in [4.78, 5) is 6.71. The molecule has 0 N–H and O–H groups in total. The van der Waals surface area contributed by atoms with Gasteiger partial charge in [0, 0.05) is 23.4 Å². The first-order valence-corrected chi connectivity index (χ1v) is 7.13. The van der Waals surface area contributed by atoms with Crippen LogP contribution in [-0.4, -0.2) is 12.0 Å². The van der Waals surface area contributed by atoms with E-state index in [0.29, 0.717) is 0 Å². The summed E-state index contributed by atoms with van der Waals surface area (Å²) < 4.78 is 1.01. The van der Waals surface area contributed by atoms with Crippen LogP contribution in [0.15, 0.2) is 28.9 Å². The largest absolute Gasteiger partial charge is 0.329 e. The van der Waals surface area contributed by atoms with Crippen LogP contribution in [0.25, 0.3) is 0 Å². The molecule has 0 bridgehead atoms. The molecule has 0 aliphatic rings. The summed E-state index contributed by atoms with van der Waals surface area (Å²) >= 11 is 3.46. The molecule has 0 unspecified atom stereocenters. The number of anilines is 2. The van der Waals surface area contributed by atoms with Crippen molar-refractivity contribution in [2.45, 2.75) is 27.7 Å². The summed E-state index contributed by atoms with van der Waals surface area (Å²) in [5, 5.41) is 0. The minimum atomic E-state index is 0.998. The third-order valence-corrected chi connectivity index (χ3v) is 3.74. The van der Waals surface area contributed by atoms with Gasteiger partial charge in [-0.2, -0.15) is 0 Å². The normalized spacial score (nSPS) is 10.6. The summed E-state index contributed by atoms with van der Waals surface area (Å²) in [5.41, 5.74) is 6.26. The summed E-state index contributed by atoms with van der Waals surface area (Å²) in [7, 11) is 2.08. The number of aromatic nitrogens is 1. The number of nitrogens with zero attached hydrogens (tertiary/aromatic N) is 2. The highest BCUT2D eigenvalue weighted by molar-refractivity contribution is 9.10. The lowest BCUT2D eigenvalue weighted by Gasteiger charge is -2.24. The Hall–Kier alpha value is -1.35. The van der Waals surface area contributed by atoms with E-state index in [9.17, 15) is 0 Å². The van der Waals surface area contributed by atoms with Gasteiger partial charge in [0.05, 0.1) is 0 Å². The van der Waals surface area contributed by atoms with Crippen LogP contribution < -0.4 is 4.90 Å². The van der Waals surface area contributed by atoms with Crippen molar-refractivity contribution in [3.05, 3.63) is 51.1 Å². The standard InChI is InChI=1S/C16H19BrN2/c1-10-6-11(2)15(12(3)7-10)19(5)16-13(4)8-14(17)9-18-16/h6-9H,1-5H3. The summed E-state index contributed by atoms with van der Waals surface area (Å²) in [6.07, 6.45) is 1.84. The number of hydrogen-bond donors (Lipinski definition) is 0. The van der Waals surface area contributed by atoms with E-state index in [2.05, 4.69) is 78.8 Å². The molecule has 19 heavy (non-hydrogen) atoms. The van der Waals surface area contributed by atoms with Crippen molar-refractivity contribution in [1.29, 1.82) is 0 Å². The molecular formula is C16H19BrN2. The number of benzene rings is 1. The van der Waals surface area contributed by atoms with E-state index in [1.54, 1.807) is 0 Å². The van der Waals surface area contributed by atoms with Gasteiger partial charge >= 0.3 is 0 Å². The molecule has 1 heterocycles. The summed E-state index contributed by atoms with van der Waals surface area (Å²) in [5.74, 6) is 0.998. The highest BCUT2D eigenvalue weighted by Gasteiger charge is 2.13. The molecule has 0 fully saturated rings. The lowest BCUT2D eigenvalue weighted by molar-refractivity contribution is 1.07. The molecule has 0 amide bonds. The van der Waals surface area contributed by atoms with Gasteiger partial charge in [0.25, 0.3) is 0 Å². The second-order valence-corrected chi connectivity index (χ2v) is 6.02. The molecule has 0 aliphatic heterocycles. The van der Waals surface area contributed by atoms with Crippen molar-refractivity contribution in [1.82, 2.24) is 4.98 Å². The van der Waals surface area contributed by atoms with Gasteiger partial charge in [-0.25, -0.2) is 4.98 Å². The first-order chi connectivity index (χ1) is 8.90. The zero-order valence-corrected chi connectivity index (χ0v) is 13.7. The van der Waals surface area contributed by atoms with Gasteiger partial charge < -0.3 is 4.90 Å². The molecule has 0 saturated heterocycles. The Bertz CT molecular complexity index is 597. The Labute approximate surface area is 123 Å². The van der Waals surface area contributed by atoms with Gasteiger partial charge in [0.15, 0.2) is 0 Å². The molecule has 2 nitrogen and oxygen atoms in total. The number of halogens is 1. The Morgan fingerprint density at radius 2 is 1.53 bits per heavy atom. The number of rotatable bonds is 2. The predicted octanol–water partition coefficient (Wildman–Crippen LogP) is 4.85. The topological polar surface area (TPSA) is 16.1 Å². The third-order valence-electron chi connectivity index (χ3n) is 3.31. The zero-order chi connectivity index (χ0) is 14.2. The fourth-order valence-corrected chi connectivity index (χ4v) is 3.14. The van der Waals surface area contributed by atoms with Gasteiger partial charge in [-0.05, 0) is 66.4 Å². The van der Waals surface area contributed by atoms with Crippen LogP contribution in [0.5, 0.6) is 0 Å².